The Kier molecular flexibility index (Phi) is 5.72. The Bertz CT molecular complexity index is 1130. The van der Waals surface area contributed by atoms with E-state index >= 15 is 0 Å². The molecule has 0 aliphatic heterocycles. The van der Waals surface area contributed by atoms with E-state index in [0.717, 1.165) is 32.5 Å². The number of aryl methyl sites for hydroxylation is 1. The summed E-state index contributed by atoms with van der Waals surface area (Å²) in [7, 11) is 0. The first-order chi connectivity index (χ1) is 14.1. The minimum atomic E-state index is -0.246. The summed E-state index contributed by atoms with van der Waals surface area (Å²) < 4.78 is 14.2. The van der Waals surface area contributed by atoms with E-state index in [9.17, 15) is 9.18 Å². The van der Waals surface area contributed by atoms with Crippen molar-refractivity contribution in [3.63, 3.8) is 0 Å². The SMILES string of the molecule is Cc1ccc(Cc2c(C(=O)NCCc3ccc(F)cc3)sc3ccccc23)cc1. The number of hydrogen-bond acceptors (Lipinski definition) is 2. The van der Waals surface area contributed by atoms with Crippen LogP contribution in [0.2, 0.25) is 0 Å². The Morgan fingerprint density at radius 1 is 0.931 bits per heavy atom. The van der Waals surface area contributed by atoms with Crippen LogP contribution in [0.25, 0.3) is 10.1 Å². The van der Waals surface area contributed by atoms with Crippen molar-refractivity contribution in [2.75, 3.05) is 6.54 Å². The smallest absolute Gasteiger partial charge is 0.261 e. The summed E-state index contributed by atoms with van der Waals surface area (Å²) >= 11 is 1.54. The maximum absolute atomic E-state index is 13.0. The van der Waals surface area contributed by atoms with Crippen LogP contribution < -0.4 is 5.32 Å². The summed E-state index contributed by atoms with van der Waals surface area (Å²) in [5.41, 5.74) is 4.50. The number of amides is 1. The Hall–Kier alpha value is -2.98. The van der Waals surface area contributed by atoms with Gasteiger partial charge in [-0.25, -0.2) is 4.39 Å². The first-order valence-corrected chi connectivity index (χ1v) is 10.5. The highest BCUT2D eigenvalue weighted by Crippen LogP contribution is 2.33. The number of nitrogens with one attached hydrogen (secondary N) is 1. The van der Waals surface area contributed by atoms with E-state index in [1.165, 1.54) is 23.3 Å². The molecule has 0 fully saturated rings. The molecule has 1 amide bonds. The number of thiophene rings is 1. The van der Waals surface area contributed by atoms with Crippen molar-refractivity contribution >= 4 is 27.3 Å². The van der Waals surface area contributed by atoms with Gasteiger partial charge in [-0.05, 0) is 60.0 Å². The summed E-state index contributed by atoms with van der Waals surface area (Å²) in [6.07, 6.45) is 1.40. The van der Waals surface area contributed by atoms with E-state index < -0.39 is 0 Å². The van der Waals surface area contributed by atoms with Crippen LogP contribution in [0.4, 0.5) is 4.39 Å². The minimum absolute atomic E-state index is 0.0459. The maximum Gasteiger partial charge on any atom is 0.261 e. The third kappa shape index (κ3) is 4.54. The van der Waals surface area contributed by atoms with Crippen LogP contribution in [0.1, 0.15) is 31.9 Å². The molecule has 3 aromatic carbocycles. The number of fused-ring (bicyclic) bond motifs is 1. The average molecular weight is 404 g/mol. The normalized spacial score (nSPS) is 11.0. The van der Waals surface area contributed by atoms with Crippen molar-refractivity contribution in [3.05, 3.63) is 106 Å². The van der Waals surface area contributed by atoms with Gasteiger partial charge in [0.15, 0.2) is 0 Å². The van der Waals surface area contributed by atoms with Gasteiger partial charge in [0, 0.05) is 11.2 Å². The molecule has 2 nitrogen and oxygen atoms in total. The first-order valence-electron chi connectivity index (χ1n) is 9.69. The average Bonchev–Trinajstić information content (AvgIpc) is 3.10. The van der Waals surface area contributed by atoms with Gasteiger partial charge in [-0.1, -0.05) is 60.2 Å². The standard InChI is InChI=1S/C25H22FNOS/c1-17-6-8-19(9-7-17)16-22-21-4-2-3-5-23(21)29-24(22)25(28)27-15-14-18-10-12-20(26)13-11-18/h2-13H,14-16H2,1H3,(H,27,28). The zero-order valence-electron chi connectivity index (χ0n) is 16.2. The van der Waals surface area contributed by atoms with E-state index in [1.54, 1.807) is 23.5 Å². The molecule has 0 aliphatic rings. The minimum Gasteiger partial charge on any atom is -0.351 e. The lowest BCUT2D eigenvalue weighted by Crippen LogP contribution is -2.25. The van der Waals surface area contributed by atoms with Crippen molar-refractivity contribution < 1.29 is 9.18 Å². The molecule has 146 valence electrons. The van der Waals surface area contributed by atoms with Crippen molar-refractivity contribution in [1.82, 2.24) is 5.32 Å². The van der Waals surface area contributed by atoms with Gasteiger partial charge in [-0.2, -0.15) is 0 Å². The number of rotatable bonds is 6. The molecule has 0 atom stereocenters. The topological polar surface area (TPSA) is 29.1 Å². The molecule has 1 aromatic heterocycles. The molecule has 4 rings (SSSR count). The van der Waals surface area contributed by atoms with Gasteiger partial charge in [0.1, 0.15) is 5.82 Å². The number of benzene rings is 3. The Balaban J connectivity index is 1.54. The van der Waals surface area contributed by atoms with Gasteiger partial charge >= 0.3 is 0 Å². The van der Waals surface area contributed by atoms with Crippen LogP contribution in [0.15, 0.2) is 72.8 Å². The van der Waals surface area contributed by atoms with Crippen LogP contribution in [0.5, 0.6) is 0 Å². The zero-order chi connectivity index (χ0) is 20.2. The van der Waals surface area contributed by atoms with Crippen molar-refractivity contribution in [1.29, 1.82) is 0 Å². The van der Waals surface area contributed by atoms with Crippen LogP contribution >= 0.6 is 11.3 Å². The fraction of sp³-hybridized carbons (Fsp3) is 0.160. The predicted octanol–water partition coefficient (Wildman–Crippen LogP) is 5.91. The molecule has 0 bridgehead atoms. The summed E-state index contributed by atoms with van der Waals surface area (Å²) in [5.74, 6) is -0.292. The van der Waals surface area contributed by atoms with Crippen molar-refractivity contribution in [2.45, 2.75) is 19.8 Å². The third-order valence-corrected chi connectivity index (χ3v) is 6.23. The van der Waals surface area contributed by atoms with Crippen molar-refractivity contribution in [2.24, 2.45) is 0 Å². The fourth-order valence-corrected chi connectivity index (χ4v) is 4.56. The van der Waals surface area contributed by atoms with E-state index in [0.29, 0.717) is 13.0 Å². The summed E-state index contributed by atoms with van der Waals surface area (Å²) in [6, 6.07) is 23.0. The highest BCUT2D eigenvalue weighted by Gasteiger charge is 2.18. The Labute approximate surface area is 174 Å². The van der Waals surface area contributed by atoms with Gasteiger partial charge in [0.25, 0.3) is 5.91 Å². The Morgan fingerprint density at radius 2 is 1.62 bits per heavy atom. The predicted molar refractivity (Wildman–Crippen MR) is 118 cm³/mol. The lowest BCUT2D eigenvalue weighted by Gasteiger charge is -2.08. The van der Waals surface area contributed by atoms with Crippen LogP contribution in [-0.2, 0) is 12.8 Å². The van der Waals surface area contributed by atoms with Crippen molar-refractivity contribution in [3.8, 4) is 0 Å². The Morgan fingerprint density at radius 3 is 2.38 bits per heavy atom. The van der Waals surface area contributed by atoms with E-state index in [1.807, 2.05) is 12.1 Å². The zero-order valence-corrected chi connectivity index (χ0v) is 17.1. The van der Waals surface area contributed by atoms with Gasteiger partial charge in [-0.15, -0.1) is 11.3 Å². The molecule has 0 spiro atoms. The first kappa shape index (κ1) is 19.3. The number of halogens is 1. The van der Waals surface area contributed by atoms with E-state index in [4.69, 9.17) is 0 Å². The van der Waals surface area contributed by atoms with Gasteiger partial charge in [0.05, 0.1) is 4.88 Å². The number of carbonyl (C=O) groups is 1. The quantitative estimate of drug-likeness (QED) is 0.426. The summed E-state index contributed by atoms with van der Waals surface area (Å²) in [6.45, 7) is 2.59. The second-order valence-electron chi connectivity index (χ2n) is 7.20. The molecular formula is C25H22FNOS. The lowest BCUT2D eigenvalue weighted by molar-refractivity contribution is 0.0957. The molecule has 4 heteroatoms. The number of carbonyl (C=O) groups excluding carboxylic acids is 1. The summed E-state index contributed by atoms with van der Waals surface area (Å²) in [5, 5.41) is 4.18. The molecule has 1 heterocycles. The van der Waals surface area contributed by atoms with Gasteiger partial charge in [-0.3, -0.25) is 4.79 Å². The largest absolute Gasteiger partial charge is 0.351 e. The third-order valence-electron chi connectivity index (χ3n) is 5.02. The van der Waals surface area contributed by atoms with Gasteiger partial charge in [0.2, 0.25) is 0 Å². The fourth-order valence-electron chi connectivity index (χ4n) is 3.42. The molecule has 0 aliphatic carbocycles. The molecule has 29 heavy (non-hydrogen) atoms. The lowest BCUT2D eigenvalue weighted by atomic mass is 10.0. The monoisotopic (exact) mass is 403 g/mol. The second-order valence-corrected chi connectivity index (χ2v) is 8.25. The van der Waals surface area contributed by atoms with Crippen LogP contribution in [0.3, 0.4) is 0 Å². The molecule has 4 aromatic rings. The highest BCUT2D eigenvalue weighted by molar-refractivity contribution is 7.21. The van der Waals surface area contributed by atoms with Gasteiger partial charge < -0.3 is 5.32 Å². The van der Waals surface area contributed by atoms with E-state index in [-0.39, 0.29) is 11.7 Å². The molecule has 0 radical (unpaired) electrons. The highest BCUT2D eigenvalue weighted by atomic mass is 32.1. The molecular weight excluding hydrogens is 381 g/mol. The summed E-state index contributed by atoms with van der Waals surface area (Å²) in [4.78, 5) is 13.7. The maximum atomic E-state index is 13.0. The van der Waals surface area contributed by atoms with E-state index in [2.05, 4.69) is 48.6 Å². The molecule has 0 unspecified atom stereocenters. The number of hydrogen-bond donors (Lipinski definition) is 1. The van der Waals surface area contributed by atoms with Crippen LogP contribution in [0, 0.1) is 12.7 Å². The van der Waals surface area contributed by atoms with Crippen LogP contribution in [-0.4, -0.2) is 12.5 Å². The molecule has 0 saturated heterocycles. The second kappa shape index (κ2) is 8.58. The molecule has 1 N–H and O–H groups in total. The molecule has 0 saturated carbocycles.